The van der Waals surface area contributed by atoms with Crippen LogP contribution in [0.15, 0.2) is 78.9 Å². The average Bonchev–Trinajstić information content (AvgIpc) is 3.31. The molecule has 2 fully saturated rings. The van der Waals surface area contributed by atoms with Gasteiger partial charge in [-0.3, -0.25) is 24.5 Å². The number of carbonyl (C=O) groups is 2. The summed E-state index contributed by atoms with van der Waals surface area (Å²) in [6, 6.07) is 20.7. The molecule has 0 bridgehead atoms. The maximum absolute atomic E-state index is 13.6. The van der Waals surface area contributed by atoms with Gasteiger partial charge in [0.2, 0.25) is 5.91 Å². The zero-order chi connectivity index (χ0) is 22.4. The third-order valence-corrected chi connectivity index (χ3v) is 5.99. The Hall–Kier alpha value is -3.75. The molecule has 0 spiro atoms. The molecule has 2 aliphatic rings. The van der Waals surface area contributed by atoms with E-state index >= 15 is 0 Å². The van der Waals surface area contributed by atoms with Gasteiger partial charge in [-0.05, 0) is 30.3 Å². The molecule has 160 valence electrons. The number of hydrogen-bond donors (Lipinski definition) is 0. The fourth-order valence-electron chi connectivity index (χ4n) is 4.30. The van der Waals surface area contributed by atoms with Crippen LogP contribution in [0, 0.1) is 16.0 Å². The zero-order valence-electron chi connectivity index (χ0n) is 16.5. The van der Waals surface area contributed by atoms with Crippen LogP contribution in [0.25, 0.3) is 0 Å². The van der Waals surface area contributed by atoms with Crippen molar-refractivity contribution in [2.45, 2.75) is 12.1 Å². The highest BCUT2D eigenvalue weighted by Crippen LogP contribution is 2.49. The number of imide groups is 1. The van der Waals surface area contributed by atoms with Gasteiger partial charge in [-0.15, -0.1) is 0 Å². The highest BCUT2D eigenvalue weighted by Gasteiger charge is 2.61. The molecule has 8 nitrogen and oxygen atoms in total. The number of fused-ring (bicyclic) bond motifs is 1. The van der Waals surface area contributed by atoms with E-state index in [4.69, 9.17) is 16.4 Å². The highest BCUT2D eigenvalue weighted by molar-refractivity contribution is 6.36. The number of nitrogens with zero attached hydrogens (tertiary/aromatic N) is 3. The maximum atomic E-state index is 13.6. The van der Waals surface area contributed by atoms with E-state index in [0.29, 0.717) is 5.69 Å². The van der Waals surface area contributed by atoms with Gasteiger partial charge in [-0.25, -0.2) is 9.96 Å². The number of amides is 2. The van der Waals surface area contributed by atoms with Crippen LogP contribution < -0.4 is 9.96 Å². The number of rotatable bonds is 4. The van der Waals surface area contributed by atoms with Gasteiger partial charge in [0, 0.05) is 6.07 Å². The lowest BCUT2D eigenvalue weighted by molar-refractivity contribution is -0.385. The molecule has 0 unspecified atom stereocenters. The Morgan fingerprint density at radius 1 is 0.875 bits per heavy atom. The second-order valence-electron chi connectivity index (χ2n) is 7.44. The largest absolute Gasteiger partial charge is 0.274 e. The second-order valence-corrected chi connectivity index (χ2v) is 7.84. The van der Waals surface area contributed by atoms with Gasteiger partial charge in [-0.1, -0.05) is 54.1 Å². The van der Waals surface area contributed by atoms with Gasteiger partial charge in [-0.2, -0.15) is 0 Å². The van der Waals surface area contributed by atoms with E-state index in [-0.39, 0.29) is 22.0 Å². The summed E-state index contributed by atoms with van der Waals surface area (Å²) in [5.41, 5.74) is 0.972. The summed E-state index contributed by atoms with van der Waals surface area (Å²) in [6.07, 6.45) is -1.14. The molecule has 32 heavy (non-hydrogen) atoms. The van der Waals surface area contributed by atoms with Gasteiger partial charge in [0.25, 0.3) is 11.6 Å². The summed E-state index contributed by atoms with van der Waals surface area (Å²) in [5, 5.41) is 13.4. The van der Waals surface area contributed by atoms with Crippen molar-refractivity contribution < 1.29 is 19.3 Å². The minimum absolute atomic E-state index is 0.154. The highest BCUT2D eigenvalue weighted by atomic mass is 35.5. The molecule has 3 aromatic rings. The van der Waals surface area contributed by atoms with E-state index in [1.807, 2.05) is 6.07 Å². The number of nitro benzene ring substituents is 1. The molecule has 2 aliphatic heterocycles. The van der Waals surface area contributed by atoms with Crippen molar-refractivity contribution in [3.63, 3.8) is 0 Å². The number of carbonyl (C=O) groups excluding carboxylic acids is 2. The molecular weight excluding hydrogens is 434 g/mol. The van der Waals surface area contributed by atoms with Crippen molar-refractivity contribution >= 4 is 40.5 Å². The van der Waals surface area contributed by atoms with Crippen molar-refractivity contribution in [3.05, 3.63) is 99.6 Å². The van der Waals surface area contributed by atoms with Crippen LogP contribution in [0.1, 0.15) is 11.6 Å². The quantitative estimate of drug-likeness (QED) is 0.335. The van der Waals surface area contributed by atoms with Gasteiger partial charge in [0.1, 0.15) is 12.0 Å². The van der Waals surface area contributed by atoms with E-state index in [1.54, 1.807) is 66.7 Å². The van der Waals surface area contributed by atoms with Crippen LogP contribution in [-0.4, -0.2) is 22.8 Å². The van der Waals surface area contributed by atoms with Crippen molar-refractivity contribution in [2.24, 2.45) is 5.92 Å². The second kappa shape index (κ2) is 7.74. The first-order valence-corrected chi connectivity index (χ1v) is 10.2. The summed E-state index contributed by atoms with van der Waals surface area (Å²) in [6.45, 7) is 0. The topological polar surface area (TPSA) is 93.0 Å². The molecule has 3 aromatic carbocycles. The lowest BCUT2D eigenvalue weighted by atomic mass is 9.89. The summed E-state index contributed by atoms with van der Waals surface area (Å²) in [4.78, 5) is 45.1. The number of anilines is 2. The Morgan fingerprint density at radius 2 is 1.53 bits per heavy atom. The molecule has 5 rings (SSSR count). The van der Waals surface area contributed by atoms with Crippen LogP contribution >= 0.6 is 11.6 Å². The first-order chi connectivity index (χ1) is 15.5. The van der Waals surface area contributed by atoms with Crippen LogP contribution in [-0.2, 0) is 14.4 Å². The molecular formula is C23H16ClN3O5. The first kappa shape index (κ1) is 20.2. The van der Waals surface area contributed by atoms with Crippen LogP contribution in [0.3, 0.4) is 0 Å². The minimum atomic E-state index is -1.14. The van der Waals surface area contributed by atoms with E-state index in [0.717, 1.165) is 4.90 Å². The predicted octanol–water partition coefficient (Wildman–Crippen LogP) is 4.30. The summed E-state index contributed by atoms with van der Waals surface area (Å²) in [7, 11) is 0. The molecule has 0 saturated carbocycles. The van der Waals surface area contributed by atoms with E-state index in [2.05, 4.69) is 0 Å². The number of benzene rings is 3. The molecule has 9 heteroatoms. The Labute approximate surface area is 187 Å². The lowest BCUT2D eigenvalue weighted by Crippen LogP contribution is -2.37. The van der Waals surface area contributed by atoms with Gasteiger partial charge in [0.05, 0.1) is 26.9 Å². The molecule has 0 aliphatic carbocycles. The summed E-state index contributed by atoms with van der Waals surface area (Å²) >= 11 is 6.25. The van der Waals surface area contributed by atoms with Crippen molar-refractivity contribution in [3.8, 4) is 0 Å². The van der Waals surface area contributed by atoms with E-state index < -0.39 is 34.8 Å². The molecule has 0 N–H and O–H groups in total. The summed E-state index contributed by atoms with van der Waals surface area (Å²) in [5.74, 6) is -2.06. The zero-order valence-corrected chi connectivity index (χ0v) is 17.3. The third-order valence-electron chi connectivity index (χ3n) is 5.67. The number of hydrogen-bond acceptors (Lipinski definition) is 6. The monoisotopic (exact) mass is 449 g/mol. The van der Waals surface area contributed by atoms with Crippen LogP contribution in [0.4, 0.5) is 17.1 Å². The maximum Gasteiger partial charge on any atom is 0.274 e. The number of para-hydroxylation sites is 3. The number of halogens is 1. The fraction of sp³-hybridized carbons (Fsp3) is 0.130. The SMILES string of the molecule is O=C1[C@H]2[C@@H](ON(c3ccccc3)[C@H]2c2ccccc2[N+](=O)[O-])C(=O)N1c1ccccc1Cl. The minimum Gasteiger partial charge on any atom is -0.273 e. The summed E-state index contributed by atoms with van der Waals surface area (Å²) < 4.78 is 0. The Kier molecular flexibility index (Phi) is 4.88. The fourth-order valence-corrected chi connectivity index (χ4v) is 4.52. The van der Waals surface area contributed by atoms with Crippen LogP contribution in [0.2, 0.25) is 5.02 Å². The van der Waals surface area contributed by atoms with E-state index in [9.17, 15) is 19.7 Å². The standard InChI is InChI=1S/C23H16ClN3O5/c24-16-11-5-7-13-18(16)25-22(28)19-20(15-10-4-6-12-17(15)27(30)31)26(32-21(19)23(25)29)14-8-2-1-3-9-14/h1-13,19-21H/t19-,20+,21-/m1/s1. The number of nitro groups is 1. The van der Waals surface area contributed by atoms with Crippen LogP contribution in [0.5, 0.6) is 0 Å². The van der Waals surface area contributed by atoms with Crippen molar-refractivity contribution in [1.29, 1.82) is 0 Å². The Morgan fingerprint density at radius 3 is 2.25 bits per heavy atom. The molecule has 2 heterocycles. The normalized spacial score (nSPS) is 22.3. The molecule has 0 radical (unpaired) electrons. The Bertz CT molecular complexity index is 1240. The Balaban J connectivity index is 1.65. The first-order valence-electron chi connectivity index (χ1n) is 9.85. The molecule has 3 atom stereocenters. The van der Waals surface area contributed by atoms with Crippen molar-refractivity contribution in [1.82, 2.24) is 0 Å². The molecule has 2 amide bonds. The third kappa shape index (κ3) is 3.04. The van der Waals surface area contributed by atoms with Gasteiger partial charge in [0.15, 0.2) is 6.10 Å². The average molecular weight is 450 g/mol. The predicted molar refractivity (Wildman–Crippen MR) is 117 cm³/mol. The van der Waals surface area contributed by atoms with E-state index in [1.165, 1.54) is 11.1 Å². The lowest BCUT2D eigenvalue weighted by Gasteiger charge is -2.28. The van der Waals surface area contributed by atoms with Gasteiger partial charge < -0.3 is 0 Å². The smallest absolute Gasteiger partial charge is 0.273 e. The molecule has 2 saturated heterocycles. The number of hydroxylamine groups is 1. The molecule has 0 aromatic heterocycles. The van der Waals surface area contributed by atoms with Gasteiger partial charge >= 0.3 is 0 Å². The van der Waals surface area contributed by atoms with Crippen molar-refractivity contribution in [2.75, 3.05) is 9.96 Å².